The number of rotatable bonds is 12. The molecule has 0 bridgehead atoms. The smallest absolute Gasteiger partial charge is 0.243 e. The molecule has 0 spiro atoms. The Kier molecular flexibility index (Phi) is 9.92. The van der Waals surface area contributed by atoms with Gasteiger partial charge in [-0.1, -0.05) is 61.5 Å². The molecule has 0 aliphatic heterocycles. The Bertz CT molecular complexity index is 1120. The van der Waals surface area contributed by atoms with Crippen molar-refractivity contribution >= 4 is 11.8 Å². The highest BCUT2D eigenvalue weighted by molar-refractivity contribution is 5.89. The maximum atomic E-state index is 13.8. The summed E-state index contributed by atoms with van der Waals surface area (Å²) in [7, 11) is 3.23. The number of nitrogens with one attached hydrogen (secondary N) is 1. The van der Waals surface area contributed by atoms with Crippen LogP contribution in [-0.4, -0.2) is 43.0 Å². The molecule has 0 aliphatic rings. The van der Waals surface area contributed by atoms with Crippen LogP contribution in [0.5, 0.6) is 11.5 Å². The van der Waals surface area contributed by atoms with E-state index in [0.717, 1.165) is 28.9 Å². The van der Waals surface area contributed by atoms with E-state index in [2.05, 4.69) is 5.32 Å². The van der Waals surface area contributed by atoms with Crippen LogP contribution in [0.4, 0.5) is 0 Å². The number of carbonyl (C=O) groups is 2. The molecule has 0 fully saturated rings. The van der Waals surface area contributed by atoms with Gasteiger partial charge in [0.2, 0.25) is 11.8 Å². The van der Waals surface area contributed by atoms with E-state index in [4.69, 9.17) is 9.47 Å². The Balaban J connectivity index is 1.97. The van der Waals surface area contributed by atoms with E-state index in [1.54, 1.807) is 19.1 Å². The lowest BCUT2D eigenvalue weighted by molar-refractivity contribution is -0.141. The Hall–Kier alpha value is -3.80. The van der Waals surface area contributed by atoms with Crippen molar-refractivity contribution in [1.29, 1.82) is 0 Å². The summed E-state index contributed by atoms with van der Waals surface area (Å²) in [6.07, 6.45) is 1.40. The SMILES string of the molecule is CC[C@H](C)NC(=O)[C@@H](Cc1ccccc1)N(Cc1cccc(OC)c1)C(=O)Cc1ccc(OC)cc1. The van der Waals surface area contributed by atoms with Crippen LogP contribution in [0.1, 0.15) is 37.0 Å². The molecule has 0 aliphatic carbocycles. The Morgan fingerprint density at radius 2 is 1.50 bits per heavy atom. The van der Waals surface area contributed by atoms with Gasteiger partial charge in [0.1, 0.15) is 17.5 Å². The second-order valence-corrected chi connectivity index (χ2v) is 8.92. The van der Waals surface area contributed by atoms with Crippen LogP contribution >= 0.6 is 0 Å². The molecule has 2 amide bonds. The van der Waals surface area contributed by atoms with Gasteiger partial charge in [-0.2, -0.15) is 0 Å². The first kappa shape index (κ1) is 26.8. The third kappa shape index (κ3) is 7.60. The zero-order valence-corrected chi connectivity index (χ0v) is 21.6. The average Bonchev–Trinajstić information content (AvgIpc) is 2.91. The van der Waals surface area contributed by atoms with Crippen LogP contribution in [0, 0.1) is 0 Å². The molecule has 0 radical (unpaired) electrons. The number of carbonyl (C=O) groups excluding carboxylic acids is 2. The third-order valence-corrected chi connectivity index (χ3v) is 6.27. The molecule has 3 aromatic carbocycles. The first-order chi connectivity index (χ1) is 17.4. The van der Waals surface area contributed by atoms with Gasteiger partial charge in [-0.3, -0.25) is 9.59 Å². The van der Waals surface area contributed by atoms with Crippen LogP contribution in [0.3, 0.4) is 0 Å². The van der Waals surface area contributed by atoms with Crippen molar-refractivity contribution in [3.8, 4) is 11.5 Å². The van der Waals surface area contributed by atoms with Gasteiger partial charge in [0.05, 0.1) is 20.6 Å². The van der Waals surface area contributed by atoms with Crippen molar-refractivity contribution < 1.29 is 19.1 Å². The average molecular weight is 489 g/mol. The predicted molar refractivity (Wildman–Crippen MR) is 142 cm³/mol. The van der Waals surface area contributed by atoms with Crippen molar-refractivity contribution in [2.24, 2.45) is 0 Å². The zero-order valence-electron chi connectivity index (χ0n) is 21.6. The maximum Gasteiger partial charge on any atom is 0.243 e. The number of methoxy groups -OCH3 is 2. The van der Waals surface area contributed by atoms with Crippen LogP contribution in [0.15, 0.2) is 78.9 Å². The summed E-state index contributed by atoms with van der Waals surface area (Å²) >= 11 is 0. The highest BCUT2D eigenvalue weighted by Crippen LogP contribution is 2.20. The van der Waals surface area contributed by atoms with Crippen LogP contribution in [0.2, 0.25) is 0 Å². The molecule has 3 rings (SSSR count). The van der Waals surface area contributed by atoms with Gasteiger partial charge >= 0.3 is 0 Å². The summed E-state index contributed by atoms with van der Waals surface area (Å²) in [4.78, 5) is 29.1. The molecule has 0 saturated carbocycles. The third-order valence-electron chi connectivity index (χ3n) is 6.27. The summed E-state index contributed by atoms with van der Waals surface area (Å²) in [6, 6.07) is 24.2. The largest absolute Gasteiger partial charge is 0.497 e. The number of amides is 2. The normalized spacial score (nSPS) is 12.3. The number of hydrogen-bond acceptors (Lipinski definition) is 4. The first-order valence-electron chi connectivity index (χ1n) is 12.3. The molecular weight excluding hydrogens is 452 g/mol. The minimum Gasteiger partial charge on any atom is -0.497 e. The summed E-state index contributed by atoms with van der Waals surface area (Å²) in [5.41, 5.74) is 2.75. The molecule has 36 heavy (non-hydrogen) atoms. The molecule has 6 heteroatoms. The van der Waals surface area contributed by atoms with Gasteiger partial charge in [0, 0.05) is 19.0 Å². The highest BCUT2D eigenvalue weighted by atomic mass is 16.5. The lowest BCUT2D eigenvalue weighted by Crippen LogP contribution is -2.52. The van der Waals surface area contributed by atoms with E-state index < -0.39 is 6.04 Å². The van der Waals surface area contributed by atoms with Crippen molar-refractivity contribution in [3.63, 3.8) is 0 Å². The van der Waals surface area contributed by atoms with Crippen LogP contribution < -0.4 is 14.8 Å². The van der Waals surface area contributed by atoms with E-state index in [0.29, 0.717) is 12.2 Å². The number of hydrogen-bond donors (Lipinski definition) is 1. The standard InChI is InChI=1S/C30H36N2O4/c1-5-22(2)31-30(34)28(19-23-10-7-6-8-11-23)32(21-25-12-9-13-27(18-25)36-4)29(33)20-24-14-16-26(35-3)17-15-24/h6-18,22,28H,5,19-21H2,1-4H3,(H,31,34)/t22-,28+/m0/s1. The minimum absolute atomic E-state index is 0.00568. The van der Waals surface area contributed by atoms with Crippen molar-refractivity contribution in [3.05, 3.63) is 95.6 Å². The first-order valence-corrected chi connectivity index (χ1v) is 12.3. The summed E-state index contributed by atoms with van der Waals surface area (Å²) in [5, 5.41) is 3.10. The number of nitrogens with zero attached hydrogens (tertiary/aromatic N) is 1. The maximum absolute atomic E-state index is 13.8. The van der Waals surface area contributed by atoms with Gasteiger partial charge < -0.3 is 19.7 Å². The Morgan fingerprint density at radius 3 is 2.14 bits per heavy atom. The van der Waals surface area contributed by atoms with E-state index in [-0.39, 0.29) is 30.8 Å². The molecule has 2 atom stereocenters. The second kappa shape index (κ2) is 13.3. The summed E-state index contributed by atoms with van der Waals surface area (Å²) in [6.45, 7) is 4.29. The van der Waals surface area contributed by atoms with Gasteiger partial charge in [-0.05, 0) is 54.3 Å². The molecule has 0 aromatic heterocycles. The van der Waals surface area contributed by atoms with Gasteiger partial charge in [-0.25, -0.2) is 0 Å². The lowest BCUT2D eigenvalue weighted by atomic mass is 10.0. The van der Waals surface area contributed by atoms with Crippen molar-refractivity contribution in [2.45, 2.75) is 51.7 Å². The zero-order chi connectivity index (χ0) is 25.9. The van der Waals surface area contributed by atoms with Crippen LogP contribution in [-0.2, 0) is 29.0 Å². The molecule has 0 unspecified atom stereocenters. The molecule has 6 nitrogen and oxygen atoms in total. The number of benzene rings is 3. The van der Waals surface area contributed by atoms with E-state index in [1.165, 1.54) is 0 Å². The van der Waals surface area contributed by atoms with Gasteiger partial charge in [0.15, 0.2) is 0 Å². The molecule has 190 valence electrons. The van der Waals surface area contributed by atoms with E-state index in [1.807, 2.05) is 92.7 Å². The molecule has 1 N–H and O–H groups in total. The fourth-order valence-corrected chi connectivity index (χ4v) is 3.98. The fourth-order valence-electron chi connectivity index (χ4n) is 3.98. The molecule has 0 heterocycles. The van der Waals surface area contributed by atoms with E-state index >= 15 is 0 Å². The Morgan fingerprint density at radius 1 is 0.833 bits per heavy atom. The van der Waals surface area contributed by atoms with Crippen LogP contribution in [0.25, 0.3) is 0 Å². The van der Waals surface area contributed by atoms with Gasteiger partial charge in [-0.15, -0.1) is 0 Å². The molecule has 0 saturated heterocycles. The highest BCUT2D eigenvalue weighted by Gasteiger charge is 2.31. The lowest BCUT2D eigenvalue weighted by Gasteiger charge is -2.32. The summed E-state index contributed by atoms with van der Waals surface area (Å²) in [5.74, 6) is 1.16. The summed E-state index contributed by atoms with van der Waals surface area (Å²) < 4.78 is 10.6. The molecular formula is C30H36N2O4. The van der Waals surface area contributed by atoms with Gasteiger partial charge in [0.25, 0.3) is 0 Å². The monoisotopic (exact) mass is 488 g/mol. The van der Waals surface area contributed by atoms with E-state index in [9.17, 15) is 9.59 Å². The number of ether oxygens (including phenoxy) is 2. The quantitative estimate of drug-likeness (QED) is 0.398. The van der Waals surface area contributed by atoms with Crippen molar-refractivity contribution in [2.75, 3.05) is 14.2 Å². The topological polar surface area (TPSA) is 67.9 Å². The molecule has 3 aromatic rings. The fraction of sp³-hybridized carbons (Fsp3) is 0.333. The minimum atomic E-state index is -0.668. The Labute approximate surface area is 214 Å². The predicted octanol–water partition coefficient (Wildman–Crippen LogP) is 4.80. The second-order valence-electron chi connectivity index (χ2n) is 8.92. The van der Waals surface area contributed by atoms with Crippen molar-refractivity contribution in [1.82, 2.24) is 10.2 Å².